The minimum absolute atomic E-state index is 0.0327. The van der Waals surface area contributed by atoms with E-state index in [1.54, 1.807) is 0 Å². The summed E-state index contributed by atoms with van der Waals surface area (Å²) in [6.45, 7) is 2.15. The number of amides is 2. The molecule has 2 aromatic rings. The van der Waals surface area contributed by atoms with Crippen LogP contribution in [-0.2, 0) is 10.3 Å². The molecule has 0 spiro atoms. The maximum absolute atomic E-state index is 12.2. The van der Waals surface area contributed by atoms with Crippen molar-refractivity contribution in [2.75, 3.05) is 32.9 Å². The molecule has 0 unspecified atom stereocenters. The maximum Gasteiger partial charge on any atom is 0.315 e. The van der Waals surface area contributed by atoms with E-state index in [1.165, 1.54) is 0 Å². The Morgan fingerprint density at radius 1 is 1.04 bits per heavy atom. The van der Waals surface area contributed by atoms with Crippen molar-refractivity contribution in [3.05, 3.63) is 66.2 Å². The Labute approximate surface area is 165 Å². The zero-order valence-corrected chi connectivity index (χ0v) is 16.0. The van der Waals surface area contributed by atoms with E-state index in [2.05, 4.69) is 10.6 Å². The lowest BCUT2D eigenvalue weighted by molar-refractivity contribution is -0.0676. The van der Waals surface area contributed by atoms with Crippen LogP contribution in [0.4, 0.5) is 4.79 Å². The Kier molecular flexibility index (Phi) is 7.28. The second-order valence-electron chi connectivity index (χ2n) is 6.95. The number of urea groups is 1. The number of carbonyl (C=O) groups is 1. The minimum Gasteiger partial charge on any atom is -0.492 e. The molecule has 2 aromatic carbocycles. The van der Waals surface area contributed by atoms with Crippen molar-refractivity contribution in [2.24, 2.45) is 5.92 Å². The zero-order chi connectivity index (χ0) is 19.7. The molecule has 3 N–H and O–H groups in total. The third-order valence-corrected chi connectivity index (χ3v) is 5.09. The largest absolute Gasteiger partial charge is 0.492 e. The highest BCUT2D eigenvalue weighted by Crippen LogP contribution is 2.35. The molecule has 2 amide bonds. The second kappa shape index (κ2) is 10.1. The van der Waals surface area contributed by atoms with Crippen LogP contribution in [0, 0.1) is 5.92 Å². The van der Waals surface area contributed by atoms with Crippen LogP contribution in [0.5, 0.6) is 5.75 Å². The van der Waals surface area contributed by atoms with Gasteiger partial charge in [0, 0.05) is 13.2 Å². The van der Waals surface area contributed by atoms with Crippen molar-refractivity contribution in [3.8, 4) is 5.75 Å². The number of hydrogen-bond donors (Lipinski definition) is 3. The Morgan fingerprint density at radius 3 is 2.36 bits per heavy atom. The molecule has 0 radical (unpaired) electrons. The molecule has 0 aromatic heterocycles. The number of ether oxygens (including phenoxy) is 2. The van der Waals surface area contributed by atoms with Crippen molar-refractivity contribution in [1.82, 2.24) is 10.6 Å². The smallest absolute Gasteiger partial charge is 0.315 e. The summed E-state index contributed by atoms with van der Waals surface area (Å²) in [6.07, 6.45) is 1.53. The molecule has 3 rings (SSSR count). The van der Waals surface area contributed by atoms with Crippen molar-refractivity contribution in [3.63, 3.8) is 0 Å². The van der Waals surface area contributed by atoms with E-state index in [-0.39, 0.29) is 18.5 Å². The standard InChI is InChI=1S/C22H28N2O4/c25-21(23-13-16-28-20-9-5-2-6-10-20)24-17-22(26,18-7-3-1-4-8-18)19-11-14-27-15-12-19/h1-10,19,26H,11-17H2,(H2,23,24,25)/t22-/m1/s1. The molecule has 0 saturated carbocycles. The van der Waals surface area contributed by atoms with E-state index >= 15 is 0 Å². The van der Waals surface area contributed by atoms with Gasteiger partial charge >= 0.3 is 6.03 Å². The fraction of sp³-hybridized carbons (Fsp3) is 0.409. The van der Waals surface area contributed by atoms with E-state index in [0.717, 1.165) is 24.2 Å². The van der Waals surface area contributed by atoms with Crippen LogP contribution in [0.1, 0.15) is 18.4 Å². The van der Waals surface area contributed by atoms with Gasteiger partial charge in [-0.1, -0.05) is 48.5 Å². The van der Waals surface area contributed by atoms with E-state index in [9.17, 15) is 9.90 Å². The quantitative estimate of drug-likeness (QED) is 0.612. The summed E-state index contributed by atoms with van der Waals surface area (Å²) >= 11 is 0. The van der Waals surface area contributed by atoms with Crippen molar-refractivity contribution in [2.45, 2.75) is 18.4 Å². The fourth-order valence-corrected chi connectivity index (χ4v) is 3.51. The first-order valence-corrected chi connectivity index (χ1v) is 9.74. The molecular weight excluding hydrogens is 356 g/mol. The number of hydrogen-bond acceptors (Lipinski definition) is 4. The maximum atomic E-state index is 12.2. The SMILES string of the molecule is O=C(NCCOc1ccccc1)NC[C@@](O)(c1ccccc1)C1CCOCC1. The van der Waals surface area contributed by atoms with Crippen LogP contribution in [0.2, 0.25) is 0 Å². The Morgan fingerprint density at radius 2 is 1.68 bits per heavy atom. The highest BCUT2D eigenvalue weighted by molar-refractivity contribution is 5.73. The van der Waals surface area contributed by atoms with Gasteiger partial charge in [0.15, 0.2) is 0 Å². The predicted octanol–water partition coefficient (Wildman–Crippen LogP) is 2.68. The number of aliphatic hydroxyl groups is 1. The highest BCUT2D eigenvalue weighted by Gasteiger charge is 2.39. The van der Waals surface area contributed by atoms with E-state index in [1.807, 2.05) is 60.7 Å². The van der Waals surface area contributed by atoms with Gasteiger partial charge < -0.3 is 25.2 Å². The summed E-state index contributed by atoms with van der Waals surface area (Å²) in [5.74, 6) is 0.799. The summed E-state index contributed by atoms with van der Waals surface area (Å²) in [5, 5.41) is 17.0. The third-order valence-electron chi connectivity index (χ3n) is 5.09. The Bertz CT molecular complexity index is 720. The van der Waals surface area contributed by atoms with Crippen molar-refractivity contribution >= 4 is 6.03 Å². The van der Waals surface area contributed by atoms with Gasteiger partial charge in [-0.15, -0.1) is 0 Å². The van der Waals surface area contributed by atoms with E-state index in [4.69, 9.17) is 9.47 Å². The first kappa shape index (κ1) is 20.2. The lowest BCUT2D eigenvalue weighted by atomic mass is 9.77. The van der Waals surface area contributed by atoms with E-state index in [0.29, 0.717) is 26.4 Å². The van der Waals surface area contributed by atoms with Crippen LogP contribution < -0.4 is 15.4 Å². The number of rotatable bonds is 8. The van der Waals surface area contributed by atoms with Gasteiger partial charge in [0.05, 0.1) is 13.1 Å². The molecular formula is C22H28N2O4. The molecule has 1 aliphatic heterocycles. The van der Waals surface area contributed by atoms with Crippen LogP contribution >= 0.6 is 0 Å². The molecule has 1 heterocycles. The Hall–Kier alpha value is -2.57. The monoisotopic (exact) mass is 384 g/mol. The van der Waals surface area contributed by atoms with Crippen molar-refractivity contribution < 1.29 is 19.4 Å². The predicted molar refractivity (Wildman–Crippen MR) is 107 cm³/mol. The fourth-order valence-electron chi connectivity index (χ4n) is 3.51. The summed E-state index contributed by atoms with van der Waals surface area (Å²) in [5.41, 5.74) is -0.308. The van der Waals surface area contributed by atoms with Gasteiger partial charge in [-0.25, -0.2) is 4.79 Å². The average Bonchev–Trinajstić information content (AvgIpc) is 2.77. The first-order chi connectivity index (χ1) is 13.7. The number of nitrogens with one attached hydrogen (secondary N) is 2. The summed E-state index contributed by atoms with van der Waals surface area (Å²) in [4.78, 5) is 12.2. The molecule has 0 bridgehead atoms. The molecule has 1 saturated heterocycles. The minimum atomic E-state index is -1.12. The first-order valence-electron chi connectivity index (χ1n) is 9.74. The average molecular weight is 384 g/mol. The topological polar surface area (TPSA) is 79.8 Å². The van der Waals surface area contributed by atoms with Gasteiger partial charge in [-0.2, -0.15) is 0 Å². The van der Waals surface area contributed by atoms with Gasteiger partial charge in [0.25, 0.3) is 0 Å². The summed E-state index contributed by atoms with van der Waals surface area (Å²) in [6, 6.07) is 18.7. The molecule has 0 aliphatic carbocycles. The molecule has 1 aliphatic rings. The lowest BCUT2D eigenvalue weighted by Crippen LogP contribution is -2.50. The normalized spacial score (nSPS) is 16.8. The number of para-hydroxylation sites is 1. The van der Waals surface area contributed by atoms with Crippen molar-refractivity contribution in [1.29, 1.82) is 0 Å². The van der Waals surface area contributed by atoms with Crippen LogP contribution in [0.25, 0.3) is 0 Å². The van der Waals surface area contributed by atoms with Gasteiger partial charge in [-0.05, 0) is 36.5 Å². The molecule has 1 atom stereocenters. The van der Waals surface area contributed by atoms with E-state index < -0.39 is 5.60 Å². The molecule has 150 valence electrons. The third kappa shape index (κ3) is 5.47. The highest BCUT2D eigenvalue weighted by atomic mass is 16.5. The van der Waals surface area contributed by atoms with Gasteiger partial charge in [0.2, 0.25) is 0 Å². The number of carbonyl (C=O) groups excluding carboxylic acids is 1. The molecule has 28 heavy (non-hydrogen) atoms. The van der Waals surface area contributed by atoms with Crippen LogP contribution in [0.3, 0.4) is 0 Å². The summed E-state index contributed by atoms with van der Waals surface area (Å²) < 4.78 is 11.0. The lowest BCUT2D eigenvalue weighted by Gasteiger charge is -2.39. The van der Waals surface area contributed by atoms with Crippen LogP contribution in [-0.4, -0.2) is 44.0 Å². The van der Waals surface area contributed by atoms with Gasteiger partial charge in [0.1, 0.15) is 18.0 Å². The summed E-state index contributed by atoms with van der Waals surface area (Å²) in [7, 11) is 0. The molecule has 6 heteroatoms. The molecule has 1 fully saturated rings. The molecule has 6 nitrogen and oxygen atoms in total. The Balaban J connectivity index is 1.50. The second-order valence-corrected chi connectivity index (χ2v) is 6.95. The van der Waals surface area contributed by atoms with Gasteiger partial charge in [-0.3, -0.25) is 0 Å². The zero-order valence-electron chi connectivity index (χ0n) is 16.0. The number of benzene rings is 2. The van der Waals surface area contributed by atoms with Crippen LogP contribution in [0.15, 0.2) is 60.7 Å².